The first-order valence-corrected chi connectivity index (χ1v) is 4.50. The molecule has 0 saturated heterocycles. The SMILES string of the molecule is C=C.O=S(=O)([O-])OS(=O)(=O)[O-].[Li+].[Li+]. The largest absolute Gasteiger partial charge is 1.00 e. The van der Waals surface area contributed by atoms with Crippen molar-refractivity contribution in [1.29, 1.82) is 0 Å². The summed E-state index contributed by atoms with van der Waals surface area (Å²) < 4.78 is 58.2. The second-order valence-electron chi connectivity index (χ2n) is 0.885. The van der Waals surface area contributed by atoms with Crippen LogP contribution < -0.4 is 37.7 Å². The number of rotatable bonds is 2. The van der Waals surface area contributed by atoms with E-state index in [0.717, 1.165) is 0 Å². The van der Waals surface area contributed by atoms with Crippen molar-refractivity contribution in [1.82, 2.24) is 0 Å². The number of hydrogen-bond donors (Lipinski definition) is 0. The molecular weight excluding hydrogens is 214 g/mol. The minimum atomic E-state index is -5.43. The molecule has 0 unspecified atom stereocenters. The molecule has 0 rings (SSSR count). The summed E-state index contributed by atoms with van der Waals surface area (Å²) in [5.41, 5.74) is 0. The van der Waals surface area contributed by atoms with Gasteiger partial charge in [0.2, 0.25) is 20.8 Å². The van der Waals surface area contributed by atoms with Crippen LogP contribution in [0.2, 0.25) is 0 Å². The monoisotopic (exact) mass is 218 g/mol. The molecule has 0 spiro atoms. The fourth-order valence-corrected chi connectivity index (χ4v) is 0.919. The molecule has 13 heavy (non-hydrogen) atoms. The molecule has 0 aliphatic rings. The molecule has 0 heterocycles. The Hall–Kier alpha value is 0.715. The Morgan fingerprint density at radius 2 is 1.00 bits per heavy atom. The van der Waals surface area contributed by atoms with Crippen molar-refractivity contribution in [3.05, 3.63) is 13.2 Å². The van der Waals surface area contributed by atoms with Crippen molar-refractivity contribution in [3.63, 3.8) is 0 Å². The first kappa shape index (κ1) is 23.5. The fraction of sp³-hybridized carbons (Fsp3) is 0. The maximum Gasteiger partial charge on any atom is 1.00 e. The summed E-state index contributed by atoms with van der Waals surface area (Å²) in [5, 5.41) is 0. The van der Waals surface area contributed by atoms with Crippen molar-refractivity contribution in [2.24, 2.45) is 0 Å². The van der Waals surface area contributed by atoms with Gasteiger partial charge in [-0.15, -0.1) is 13.2 Å². The molecule has 0 amide bonds. The predicted molar refractivity (Wildman–Crippen MR) is 31.7 cm³/mol. The fourth-order valence-electron chi connectivity index (χ4n) is 0.102. The number of hydrogen-bond acceptors (Lipinski definition) is 7. The molecule has 7 nitrogen and oxygen atoms in total. The van der Waals surface area contributed by atoms with Gasteiger partial charge in [0.15, 0.2) is 0 Å². The van der Waals surface area contributed by atoms with Crippen LogP contribution >= 0.6 is 0 Å². The molecule has 0 aromatic heterocycles. The van der Waals surface area contributed by atoms with E-state index in [9.17, 15) is 25.9 Å². The van der Waals surface area contributed by atoms with E-state index in [4.69, 9.17) is 0 Å². The van der Waals surface area contributed by atoms with Crippen LogP contribution in [0.3, 0.4) is 0 Å². The Labute approximate surface area is 101 Å². The molecular formula is C2H4Li2O7S2. The van der Waals surface area contributed by atoms with Gasteiger partial charge in [0, 0.05) is 0 Å². The van der Waals surface area contributed by atoms with Crippen LogP contribution in [0.5, 0.6) is 0 Å². The zero-order chi connectivity index (χ0) is 9.71. The second-order valence-corrected chi connectivity index (χ2v) is 3.06. The molecule has 0 radical (unpaired) electrons. The first-order chi connectivity index (χ1) is 4.71. The van der Waals surface area contributed by atoms with Gasteiger partial charge >= 0.3 is 37.7 Å². The maximum absolute atomic E-state index is 9.29. The second kappa shape index (κ2) is 9.28. The van der Waals surface area contributed by atoms with Crippen LogP contribution in [-0.2, 0) is 24.4 Å². The average Bonchev–Trinajstić information content (AvgIpc) is 1.60. The molecule has 0 aliphatic heterocycles. The van der Waals surface area contributed by atoms with Crippen LogP contribution in [0, 0.1) is 0 Å². The summed E-state index contributed by atoms with van der Waals surface area (Å²) in [6.07, 6.45) is 0. The van der Waals surface area contributed by atoms with Gasteiger partial charge in [0.25, 0.3) is 0 Å². The first-order valence-electron chi connectivity index (χ1n) is 1.83. The van der Waals surface area contributed by atoms with Gasteiger partial charge in [-0.25, -0.2) is 16.8 Å². The quantitative estimate of drug-likeness (QED) is 0.195. The third-order valence-electron chi connectivity index (χ3n) is 0.167. The molecule has 0 aromatic carbocycles. The van der Waals surface area contributed by atoms with E-state index >= 15 is 0 Å². The predicted octanol–water partition coefficient (Wildman–Crippen LogP) is -7.27. The topological polar surface area (TPSA) is 124 Å². The molecule has 0 N–H and O–H groups in total. The van der Waals surface area contributed by atoms with Crippen LogP contribution in [0.25, 0.3) is 0 Å². The standard InChI is InChI=1S/C2H4.2Li.H2O7S2/c1-2;;;1-8(2,3)7-9(4,5)6/h1-2H2;;;(H,1,2,3)(H,4,5,6)/q;2*+1;/p-2. The molecule has 0 saturated carbocycles. The summed E-state index contributed by atoms with van der Waals surface area (Å²) in [6, 6.07) is 0. The van der Waals surface area contributed by atoms with Gasteiger partial charge < -0.3 is 9.11 Å². The normalized spacial score (nSPS) is 9.69. The van der Waals surface area contributed by atoms with Crippen molar-refractivity contribution < 1.29 is 67.3 Å². The van der Waals surface area contributed by atoms with E-state index in [1.165, 1.54) is 0 Å². The van der Waals surface area contributed by atoms with Crippen LogP contribution in [-0.4, -0.2) is 25.9 Å². The third-order valence-corrected chi connectivity index (χ3v) is 1.50. The van der Waals surface area contributed by atoms with Crippen LogP contribution in [0.1, 0.15) is 0 Å². The van der Waals surface area contributed by atoms with Crippen LogP contribution in [0.4, 0.5) is 0 Å². The molecule has 0 aromatic rings. The smallest absolute Gasteiger partial charge is 0.725 e. The van der Waals surface area contributed by atoms with E-state index in [-0.39, 0.29) is 37.7 Å². The van der Waals surface area contributed by atoms with Crippen molar-refractivity contribution >= 4 is 20.8 Å². The van der Waals surface area contributed by atoms with Gasteiger partial charge in [-0.1, -0.05) is 0 Å². The Kier molecular flexibility index (Phi) is 16.8. The molecule has 11 heteroatoms. The average molecular weight is 218 g/mol. The molecule has 0 fully saturated rings. The van der Waals surface area contributed by atoms with Crippen molar-refractivity contribution in [3.8, 4) is 0 Å². The molecule has 0 aliphatic carbocycles. The molecule has 68 valence electrons. The summed E-state index contributed by atoms with van der Waals surface area (Å²) in [5.74, 6) is 0. The van der Waals surface area contributed by atoms with E-state index in [1.807, 2.05) is 0 Å². The maximum atomic E-state index is 9.29. The minimum Gasteiger partial charge on any atom is -0.725 e. The van der Waals surface area contributed by atoms with Crippen molar-refractivity contribution in [2.75, 3.05) is 0 Å². The minimum absolute atomic E-state index is 0. The van der Waals surface area contributed by atoms with Gasteiger partial charge in [-0.2, -0.15) is 3.63 Å². The van der Waals surface area contributed by atoms with Gasteiger partial charge in [0.1, 0.15) is 0 Å². The van der Waals surface area contributed by atoms with E-state index < -0.39 is 20.8 Å². The Balaban J connectivity index is -0.0000000941. The Morgan fingerprint density at radius 1 is 0.846 bits per heavy atom. The van der Waals surface area contributed by atoms with Gasteiger partial charge in [-0.05, 0) is 0 Å². The van der Waals surface area contributed by atoms with E-state index in [0.29, 0.717) is 0 Å². The van der Waals surface area contributed by atoms with Gasteiger partial charge in [-0.3, -0.25) is 0 Å². The zero-order valence-corrected chi connectivity index (χ0v) is 8.72. The summed E-state index contributed by atoms with van der Waals surface area (Å²) in [4.78, 5) is 0. The zero-order valence-electron chi connectivity index (χ0n) is 7.09. The van der Waals surface area contributed by atoms with E-state index in [2.05, 4.69) is 16.8 Å². The third kappa shape index (κ3) is 32.4. The van der Waals surface area contributed by atoms with E-state index in [1.54, 1.807) is 0 Å². The Bertz CT molecular complexity index is 260. The Morgan fingerprint density at radius 3 is 1.00 bits per heavy atom. The molecule has 0 bridgehead atoms. The molecule has 0 atom stereocenters. The van der Waals surface area contributed by atoms with Gasteiger partial charge in [0.05, 0.1) is 0 Å². The van der Waals surface area contributed by atoms with Crippen molar-refractivity contribution in [2.45, 2.75) is 0 Å². The van der Waals surface area contributed by atoms with Crippen LogP contribution in [0.15, 0.2) is 13.2 Å². The summed E-state index contributed by atoms with van der Waals surface area (Å²) >= 11 is 0. The summed E-state index contributed by atoms with van der Waals surface area (Å²) in [7, 11) is -10.9. The summed E-state index contributed by atoms with van der Waals surface area (Å²) in [6.45, 7) is 6.00.